The molecule has 1 aliphatic rings. The fourth-order valence-electron chi connectivity index (χ4n) is 6.04. The number of ether oxygens (including phenoxy) is 1. The van der Waals surface area contributed by atoms with Crippen LogP contribution in [-0.4, -0.2) is 20.0 Å². The fourth-order valence-corrected chi connectivity index (χ4v) is 7.24. The predicted molar refractivity (Wildman–Crippen MR) is 174 cm³/mol. The Balaban J connectivity index is 1.21. The first-order valence-corrected chi connectivity index (χ1v) is 15.3. The molecule has 0 fully saturated rings. The SMILES string of the molecule is c1ccc(-c2cnn(-c3cccc(Oc4cccc(C5(c6ccccn6)c6ccccc6Sc6ccccc65)c4)c3)n2)cc1. The molecule has 0 radical (unpaired) electrons. The second-order valence-electron chi connectivity index (χ2n) is 10.6. The molecule has 5 nitrogen and oxygen atoms in total. The molecule has 6 heteroatoms. The summed E-state index contributed by atoms with van der Waals surface area (Å²) in [6, 6.07) is 49.7. The van der Waals surface area contributed by atoms with Crippen LogP contribution in [0.1, 0.15) is 22.4 Å². The standard InChI is InChI=1S/C38H26N4OS/c1-2-12-27(13-3-1)34-26-40-42(41-34)29-15-11-17-31(25-29)43-30-16-10-14-28(24-30)38(37-22-8-9-23-39-37)32-18-4-6-20-35(32)44-36-21-7-5-19-33(36)38/h1-26H. The van der Waals surface area contributed by atoms with Crippen molar-refractivity contribution in [1.29, 1.82) is 0 Å². The Morgan fingerprint density at radius 1 is 0.614 bits per heavy atom. The van der Waals surface area contributed by atoms with Crippen LogP contribution >= 0.6 is 11.8 Å². The third-order valence-corrected chi connectivity index (χ3v) is 9.12. The highest BCUT2D eigenvalue weighted by atomic mass is 32.2. The highest BCUT2D eigenvalue weighted by molar-refractivity contribution is 7.99. The quantitative estimate of drug-likeness (QED) is 0.195. The minimum absolute atomic E-state index is 0.617. The minimum atomic E-state index is -0.617. The summed E-state index contributed by atoms with van der Waals surface area (Å²) in [5.41, 5.74) is 6.52. The van der Waals surface area contributed by atoms with E-state index in [2.05, 4.69) is 84.0 Å². The first-order chi connectivity index (χ1) is 21.8. The molecule has 0 spiro atoms. The number of pyridine rings is 1. The fraction of sp³-hybridized carbons (Fsp3) is 0.0263. The normalized spacial score (nSPS) is 13.1. The molecule has 44 heavy (non-hydrogen) atoms. The first kappa shape index (κ1) is 26.2. The van der Waals surface area contributed by atoms with E-state index in [9.17, 15) is 0 Å². The Hall–Kier alpha value is -5.46. The van der Waals surface area contributed by atoms with Gasteiger partial charge in [-0.15, -0.1) is 5.10 Å². The average Bonchev–Trinajstić information content (AvgIpc) is 3.59. The molecule has 0 aliphatic carbocycles. The topological polar surface area (TPSA) is 52.8 Å². The van der Waals surface area contributed by atoms with E-state index in [0.29, 0.717) is 5.75 Å². The predicted octanol–water partition coefficient (Wildman–Crippen LogP) is 8.97. The van der Waals surface area contributed by atoms with E-state index in [1.54, 1.807) is 11.0 Å². The molecule has 0 saturated heterocycles. The van der Waals surface area contributed by atoms with Crippen LogP contribution in [0.25, 0.3) is 16.9 Å². The maximum atomic E-state index is 6.53. The van der Waals surface area contributed by atoms with E-state index in [1.165, 1.54) is 20.9 Å². The number of hydrogen-bond acceptors (Lipinski definition) is 5. The molecule has 0 amide bonds. The van der Waals surface area contributed by atoms with E-state index in [4.69, 9.17) is 14.8 Å². The van der Waals surface area contributed by atoms with Crippen molar-refractivity contribution in [2.75, 3.05) is 0 Å². The van der Waals surface area contributed by atoms with E-state index in [-0.39, 0.29) is 0 Å². The molecule has 0 unspecified atom stereocenters. The maximum absolute atomic E-state index is 6.53. The molecule has 5 aromatic carbocycles. The molecule has 8 rings (SSSR count). The van der Waals surface area contributed by atoms with Gasteiger partial charge >= 0.3 is 0 Å². The van der Waals surface area contributed by atoms with E-state index >= 15 is 0 Å². The molecule has 3 heterocycles. The largest absolute Gasteiger partial charge is 0.457 e. The minimum Gasteiger partial charge on any atom is -0.457 e. The van der Waals surface area contributed by atoms with Gasteiger partial charge in [0.1, 0.15) is 17.2 Å². The average molecular weight is 587 g/mol. The van der Waals surface area contributed by atoms with Crippen LogP contribution in [0.3, 0.4) is 0 Å². The highest BCUT2D eigenvalue weighted by Crippen LogP contribution is 2.55. The second-order valence-corrected chi connectivity index (χ2v) is 11.7. The number of rotatable bonds is 6. The van der Waals surface area contributed by atoms with E-state index < -0.39 is 5.41 Å². The molecule has 7 aromatic rings. The Morgan fingerprint density at radius 3 is 2.05 bits per heavy atom. The van der Waals surface area contributed by atoms with Gasteiger partial charge in [-0.2, -0.15) is 9.90 Å². The van der Waals surface area contributed by atoms with Crippen molar-refractivity contribution < 1.29 is 4.74 Å². The van der Waals surface area contributed by atoms with Gasteiger partial charge in [-0.05, 0) is 65.2 Å². The molecule has 0 bridgehead atoms. The number of aromatic nitrogens is 4. The lowest BCUT2D eigenvalue weighted by Gasteiger charge is -2.40. The van der Waals surface area contributed by atoms with Crippen molar-refractivity contribution in [2.24, 2.45) is 0 Å². The van der Waals surface area contributed by atoms with Crippen LogP contribution in [0.5, 0.6) is 11.5 Å². The molecular weight excluding hydrogens is 561 g/mol. The lowest BCUT2D eigenvalue weighted by Crippen LogP contribution is -2.34. The van der Waals surface area contributed by atoms with Crippen molar-refractivity contribution in [2.45, 2.75) is 15.2 Å². The summed E-state index contributed by atoms with van der Waals surface area (Å²) >= 11 is 1.81. The third kappa shape index (κ3) is 4.48. The summed E-state index contributed by atoms with van der Waals surface area (Å²) in [5.74, 6) is 1.44. The molecular formula is C38H26N4OS. The Morgan fingerprint density at radius 2 is 1.30 bits per heavy atom. The van der Waals surface area contributed by atoms with Crippen LogP contribution in [0.15, 0.2) is 168 Å². The zero-order valence-corrected chi connectivity index (χ0v) is 24.4. The van der Waals surface area contributed by atoms with Gasteiger partial charge in [0.2, 0.25) is 0 Å². The zero-order valence-electron chi connectivity index (χ0n) is 23.6. The van der Waals surface area contributed by atoms with Crippen molar-refractivity contribution in [3.63, 3.8) is 0 Å². The van der Waals surface area contributed by atoms with Gasteiger partial charge in [-0.3, -0.25) is 4.98 Å². The molecule has 0 saturated carbocycles. The van der Waals surface area contributed by atoms with Gasteiger partial charge in [0, 0.05) is 27.6 Å². The Kier molecular flexibility index (Phi) is 6.54. The molecule has 2 aromatic heterocycles. The van der Waals surface area contributed by atoms with Gasteiger partial charge in [-0.1, -0.05) is 103 Å². The summed E-state index contributed by atoms with van der Waals surface area (Å²) < 4.78 is 6.53. The van der Waals surface area contributed by atoms with Gasteiger partial charge < -0.3 is 4.74 Å². The van der Waals surface area contributed by atoms with Crippen molar-refractivity contribution in [3.8, 4) is 28.4 Å². The van der Waals surface area contributed by atoms with Crippen molar-refractivity contribution in [1.82, 2.24) is 20.0 Å². The van der Waals surface area contributed by atoms with Crippen LogP contribution in [-0.2, 0) is 5.41 Å². The van der Waals surface area contributed by atoms with Crippen LogP contribution in [0, 0.1) is 0 Å². The highest BCUT2D eigenvalue weighted by Gasteiger charge is 2.45. The lowest BCUT2D eigenvalue weighted by molar-refractivity contribution is 0.480. The van der Waals surface area contributed by atoms with Crippen LogP contribution in [0.2, 0.25) is 0 Å². The summed E-state index contributed by atoms with van der Waals surface area (Å²) in [5, 5.41) is 9.21. The van der Waals surface area contributed by atoms with Gasteiger partial charge in [0.05, 0.1) is 23.0 Å². The number of fused-ring (bicyclic) bond motifs is 2. The third-order valence-electron chi connectivity index (χ3n) is 7.96. The second kappa shape index (κ2) is 11.0. The van der Waals surface area contributed by atoms with Gasteiger partial charge in [-0.25, -0.2) is 0 Å². The summed E-state index contributed by atoms with van der Waals surface area (Å²) in [4.78, 5) is 9.04. The number of benzene rings is 5. The smallest absolute Gasteiger partial charge is 0.129 e. The summed E-state index contributed by atoms with van der Waals surface area (Å²) in [7, 11) is 0. The molecule has 1 aliphatic heterocycles. The monoisotopic (exact) mass is 586 g/mol. The van der Waals surface area contributed by atoms with Crippen LogP contribution < -0.4 is 4.74 Å². The van der Waals surface area contributed by atoms with Gasteiger partial charge in [0.25, 0.3) is 0 Å². The number of hydrogen-bond donors (Lipinski definition) is 0. The Labute approximate surface area is 259 Å². The molecule has 0 atom stereocenters. The maximum Gasteiger partial charge on any atom is 0.129 e. The van der Waals surface area contributed by atoms with E-state index in [0.717, 1.165) is 34.0 Å². The summed E-state index contributed by atoms with van der Waals surface area (Å²) in [6.07, 6.45) is 3.66. The Bertz CT molecular complexity index is 2050. The summed E-state index contributed by atoms with van der Waals surface area (Å²) in [6.45, 7) is 0. The zero-order chi connectivity index (χ0) is 29.3. The van der Waals surface area contributed by atoms with E-state index in [1.807, 2.05) is 84.7 Å². The van der Waals surface area contributed by atoms with Crippen molar-refractivity contribution >= 4 is 11.8 Å². The van der Waals surface area contributed by atoms with Crippen molar-refractivity contribution in [3.05, 3.63) is 180 Å². The lowest BCUT2D eigenvalue weighted by atomic mass is 9.66. The van der Waals surface area contributed by atoms with Crippen LogP contribution in [0.4, 0.5) is 0 Å². The van der Waals surface area contributed by atoms with Gasteiger partial charge in [0.15, 0.2) is 0 Å². The first-order valence-electron chi connectivity index (χ1n) is 14.4. The number of nitrogens with zero attached hydrogens (tertiary/aromatic N) is 4. The molecule has 210 valence electrons. The molecule has 0 N–H and O–H groups in total.